The molecule has 1 fully saturated rings. The van der Waals surface area contributed by atoms with Crippen molar-refractivity contribution in [2.24, 2.45) is 5.41 Å². The van der Waals surface area contributed by atoms with E-state index in [1.54, 1.807) is 0 Å². The number of hydrogen-bond acceptors (Lipinski definition) is 2. The molecule has 0 aromatic heterocycles. The largest absolute Gasteiger partial charge is 0.377 e. The molecule has 1 N–H and O–H groups in total. The Bertz CT molecular complexity index is 168. The summed E-state index contributed by atoms with van der Waals surface area (Å²) in [5, 5.41) is 3.36. The summed E-state index contributed by atoms with van der Waals surface area (Å²) in [4.78, 5) is 0. The van der Waals surface area contributed by atoms with Gasteiger partial charge in [0.05, 0.1) is 12.7 Å². The van der Waals surface area contributed by atoms with Crippen molar-refractivity contribution >= 4 is 0 Å². The number of ether oxygens (including phenoxy) is 1. The number of rotatable bonds is 4. The summed E-state index contributed by atoms with van der Waals surface area (Å²) in [6, 6.07) is 0.458. The first-order valence-corrected chi connectivity index (χ1v) is 6.33. The standard InChI is InChI=1S/C13H27NO/c1-13(2,3)12(14-4)10-15-11-8-6-5-7-9-11/h11-12,14H,5-10H2,1-4H3. The van der Waals surface area contributed by atoms with E-state index in [0.717, 1.165) is 6.61 Å². The molecular weight excluding hydrogens is 186 g/mol. The van der Waals surface area contributed by atoms with Crippen molar-refractivity contribution in [1.29, 1.82) is 0 Å². The van der Waals surface area contributed by atoms with Gasteiger partial charge in [0.1, 0.15) is 0 Å². The lowest BCUT2D eigenvalue weighted by Crippen LogP contribution is -2.42. The van der Waals surface area contributed by atoms with Crippen molar-refractivity contribution in [3.8, 4) is 0 Å². The van der Waals surface area contributed by atoms with Gasteiger partial charge >= 0.3 is 0 Å². The fourth-order valence-electron chi connectivity index (χ4n) is 2.23. The van der Waals surface area contributed by atoms with Gasteiger partial charge < -0.3 is 10.1 Å². The number of hydrogen-bond donors (Lipinski definition) is 1. The van der Waals surface area contributed by atoms with Crippen LogP contribution < -0.4 is 5.32 Å². The molecule has 1 atom stereocenters. The van der Waals surface area contributed by atoms with Gasteiger partial charge in [-0.25, -0.2) is 0 Å². The van der Waals surface area contributed by atoms with Gasteiger partial charge in [0.15, 0.2) is 0 Å². The van der Waals surface area contributed by atoms with Crippen LogP contribution >= 0.6 is 0 Å². The smallest absolute Gasteiger partial charge is 0.0628 e. The van der Waals surface area contributed by atoms with E-state index in [1.807, 2.05) is 7.05 Å². The van der Waals surface area contributed by atoms with Crippen LogP contribution in [-0.4, -0.2) is 25.8 Å². The van der Waals surface area contributed by atoms with Crippen molar-refractivity contribution in [2.75, 3.05) is 13.7 Å². The summed E-state index contributed by atoms with van der Waals surface area (Å²) < 4.78 is 6.00. The van der Waals surface area contributed by atoms with Gasteiger partial charge in [-0.15, -0.1) is 0 Å². The Labute approximate surface area is 94.8 Å². The number of nitrogens with one attached hydrogen (secondary N) is 1. The molecule has 1 aliphatic rings. The van der Waals surface area contributed by atoms with Crippen molar-refractivity contribution < 1.29 is 4.74 Å². The fourth-order valence-corrected chi connectivity index (χ4v) is 2.23. The molecule has 15 heavy (non-hydrogen) atoms. The summed E-state index contributed by atoms with van der Waals surface area (Å²) >= 11 is 0. The van der Waals surface area contributed by atoms with Gasteiger partial charge in [-0.2, -0.15) is 0 Å². The zero-order chi connectivity index (χ0) is 11.3. The predicted octanol–water partition coefficient (Wildman–Crippen LogP) is 2.97. The van der Waals surface area contributed by atoms with E-state index in [4.69, 9.17) is 4.74 Å². The normalized spacial score (nSPS) is 21.6. The lowest BCUT2D eigenvalue weighted by atomic mass is 9.87. The second kappa shape index (κ2) is 5.86. The van der Waals surface area contributed by atoms with E-state index in [1.165, 1.54) is 32.1 Å². The minimum Gasteiger partial charge on any atom is -0.377 e. The van der Waals surface area contributed by atoms with E-state index in [2.05, 4.69) is 26.1 Å². The molecule has 1 aliphatic carbocycles. The molecule has 0 heterocycles. The molecule has 0 spiro atoms. The van der Waals surface area contributed by atoms with Crippen LogP contribution in [0.25, 0.3) is 0 Å². The van der Waals surface area contributed by atoms with Crippen LogP contribution in [0.5, 0.6) is 0 Å². The summed E-state index contributed by atoms with van der Waals surface area (Å²) in [5.74, 6) is 0. The highest BCUT2D eigenvalue weighted by Crippen LogP contribution is 2.23. The molecule has 0 saturated heterocycles. The summed E-state index contributed by atoms with van der Waals surface area (Å²) in [7, 11) is 2.03. The molecule has 0 bridgehead atoms. The average molecular weight is 213 g/mol. The highest BCUT2D eigenvalue weighted by molar-refractivity contribution is 4.79. The van der Waals surface area contributed by atoms with Gasteiger partial charge in [-0.3, -0.25) is 0 Å². The maximum Gasteiger partial charge on any atom is 0.0628 e. The van der Waals surface area contributed by atoms with E-state index < -0.39 is 0 Å². The van der Waals surface area contributed by atoms with Crippen LogP contribution in [0.1, 0.15) is 52.9 Å². The molecule has 0 aromatic rings. The van der Waals surface area contributed by atoms with E-state index in [0.29, 0.717) is 12.1 Å². The molecule has 0 aromatic carbocycles. The minimum atomic E-state index is 0.281. The monoisotopic (exact) mass is 213 g/mol. The third kappa shape index (κ3) is 4.52. The minimum absolute atomic E-state index is 0.281. The van der Waals surface area contributed by atoms with Crippen LogP contribution in [0.3, 0.4) is 0 Å². The van der Waals surface area contributed by atoms with Crippen LogP contribution in [0, 0.1) is 5.41 Å². The Balaban J connectivity index is 2.27. The topological polar surface area (TPSA) is 21.3 Å². The first-order valence-electron chi connectivity index (χ1n) is 6.33. The van der Waals surface area contributed by atoms with Crippen molar-refractivity contribution in [1.82, 2.24) is 5.32 Å². The van der Waals surface area contributed by atoms with Crippen molar-refractivity contribution in [3.05, 3.63) is 0 Å². The van der Waals surface area contributed by atoms with E-state index >= 15 is 0 Å². The Kier molecular flexibility index (Phi) is 5.07. The van der Waals surface area contributed by atoms with Crippen LogP contribution in [-0.2, 0) is 4.74 Å². The summed E-state index contributed by atoms with van der Waals surface area (Å²) in [6.45, 7) is 7.64. The molecule has 1 saturated carbocycles. The van der Waals surface area contributed by atoms with Gasteiger partial charge in [-0.05, 0) is 25.3 Å². The zero-order valence-corrected chi connectivity index (χ0v) is 10.8. The van der Waals surface area contributed by atoms with Gasteiger partial charge in [0.25, 0.3) is 0 Å². The third-order valence-corrected chi connectivity index (χ3v) is 3.44. The second-order valence-electron chi connectivity index (χ2n) is 5.80. The van der Waals surface area contributed by atoms with Crippen molar-refractivity contribution in [3.63, 3.8) is 0 Å². The molecule has 2 heteroatoms. The average Bonchev–Trinajstić information content (AvgIpc) is 2.18. The summed E-state index contributed by atoms with van der Waals surface area (Å²) in [5.41, 5.74) is 0.281. The van der Waals surface area contributed by atoms with Crippen molar-refractivity contribution in [2.45, 2.75) is 65.0 Å². The van der Waals surface area contributed by atoms with Gasteiger partial charge in [-0.1, -0.05) is 40.0 Å². The lowest BCUT2D eigenvalue weighted by molar-refractivity contribution is 0.0000778. The van der Waals surface area contributed by atoms with Crippen LogP contribution in [0.4, 0.5) is 0 Å². The number of likely N-dealkylation sites (N-methyl/N-ethyl adjacent to an activating group) is 1. The highest BCUT2D eigenvalue weighted by Gasteiger charge is 2.24. The maximum atomic E-state index is 6.00. The Morgan fingerprint density at radius 1 is 1.20 bits per heavy atom. The Morgan fingerprint density at radius 3 is 2.27 bits per heavy atom. The third-order valence-electron chi connectivity index (χ3n) is 3.44. The van der Waals surface area contributed by atoms with E-state index in [-0.39, 0.29) is 5.41 Å². The molecular formula is C13H27NO. The molecule has 1 rings (SSSR count). The quantitative estimate of drug-likeness (QED) is 0.775. The maximum absolute atomic E-state index is 6.00. The molecule has 2 nitrogen and oxygen atoms in total. The first kappa shape index (κ1) is 13.0. The van der Waals surface area contributed by atoms with Crippen LogP contribution in [0.15, 0.2) is 0 Å². The predicted molar refractivity (Wildman–Crippen MR) is 65.1 cm³/mol. The molecule has 90 valence electrons. The van der Waals surface area contributed by atoms with Gasteiger partial charge in [0, 0.05) is 6.04 Å². The molecule has 0 radical (unpaired) electrons. The second-order valence-corrected chi connectivity index (χ2v) is 5.80. The highest BCUT2D eigenvalue weighted by atomic mass is 16.5. The van der Waals surface area contributed by atoms with Gasteiger partial charge in [0.2, 0.25) is 0 Å². The van der Waals surface area contributed by atoms with E-state index in [9.17, 15) is 0 Å². The Morgan fingerprint density at radius 2 is 1.80 bits per heavy atom. The molecule has 0 amide bonds. The summed E-state index contributed by atoms with van der Waals surface area (Å²) in [6.07, 6.45) is 7.15. The SMILES string of the molecule is CNC(COC1CCCCC1)C(C)(C)C. The first-order chi connectivity index (χ1) is 7.04. The fraction of sp³-hybridized carbons (Fsp3) is 1.00. The van der Waals surface area contributed by atoms with Crippen LogP contribution in [0.2, 0.25) is 0 Å². The lowest BCUT2D eigenvalue weighted by Gasteiger charge is -2.32. The molecule has 1 unspecified atom stereocenters. The molecule has 0 aliphatic heterocycles. The Hall–Kier alpha value is -0.0800. The zero-order valence-electron chi connectivity index (χ0n) is 10.8.